The summed E-state index contributed by atoms with van der Waals surface area (Å²) in [4.78, 5) is 30.1. The van der Waals surface area contributed by atoms with E-state index in [-0.39, 0.29) is 12.5 Å². The summed E-state index contributed by atoms with van der Waals surface area (Å²) >= 11 is 0. The lowest BCUT2D eigenvalue weighted by Gasteiger charge is -2.24. The molecule has 0 aliphatic rings. The number of nitrogens with zero attached hydrogens (tertiary/aromatic N) is 1. The molecule has 3 rings (SSSR count). The summed E-state index contributed by atoms with van der Waals surface area (Å²) in [6, 6.07) is 16.8. The van der Waals surface area contributed by atoms with Crippen molar-refractivity contribution in [3.63, 3.8) is 0 Å². The lowest BCUT2D eigenvalue weighted by atomic mass is 10.0. The van der Waals surface area contributed by atoms with Crippen molar-refractivity contribution in [3.05, 3.63) is 66.4 Å². The molecule has 1 amide bonds. The van der Waals surface area contributed by atoms with E-state index in [1.54, 1.807) is 0 Å². The Hall–Kier alpha value is -3.28. The lowest BCUT2D eigenvalue weighted by Crippen LogP contribution is -2.47. The molecule has 6 nitrogen and oxygen atoms in total. The van der Waals surface area contributed by atoms with Crippen LogP contribution in [0.5, 0.6) is 0 Å². The molecule has 3 aromatic rings. The van der Waals surface area contributed by atoms with Gasteiger partial charge in [0, 0.05) is 35.8 Å². The van der Waals surface area contributed by atoms with Gasteiger partial charge >= 0.3 is 5.97 Å². The van der Waals surface area contributed by atoms with Crippen LogP contribution >= 0.6 is 0 Å². The number of methoxy groups -OCH3 is 1. The standard InChI is InChI=1S/C22H25N3O3/c1-3-25(17-9-5-4-6-10-17)15-21(26)24-20(22(27)28-2)13-16-14-23-19-12-8-7-11-18(16)19/h4-12,14,20,23H,3,13,15H2,1-2H3,(H,24,26). The molecule has 0 fully saturated rings. The van der Waals surface area contributed by atoms with Crippen molar-refractivity contribution < 1.29 is 14.3 Å². The maximum atomic E-state index is 12.6. The molecule has 6 heteroatoms. The molecule has 0 bridgehead atoms. The first kappa shape index (κ1) is 19.5. The van der Waals surface area contributed by atoms with Crippen molar-refractivity contribution in [2.24, 2.45) is 0 Å². The highest BCUT2D eigenvalue weighted by molar-refractivity contribution is 5.88. The molecule has 28 heavy (non-hydrogen) atoms. The normalized spacial score (nSPS) is 11.8. The third kappa shape index (κ3) is 4.52. The Labute approximate surface area is 164 Å². The quantitative estimate of drug-likeness (QED) is 0.590. The third-order valence-electron chi connectivity index (χ3n) is 4.76. The topological polar surface area (TPSA) is 74.4 Å². The summed E-state index contributed by atoms with van der Waals surface area (Å²) in [6.45, 7) is 2.84. The van der Waals surface area contributed by atoms with Crippen LogP contribution in [0, 0.1) is 0 Å². The number of amides is 1. The molecule has 0 saturated carbocycles. The molecule has 1 aromatic heterocycles. The van der Waals surface area contributed by atoms with Crippen LogP contribution in [0.25, 0.3) is 10.9 Å². The summed E-state index contributed by atoms with van der Waals surface area (Å²) in [5.41, 5.74) is 2.92. The van der Waals surface area contributed by atoms with Gasteiger partial charge in [-0.25, -0.2) is 4.79 Å². The van der Waals surface area contributed by atoms with Gasteiger partial charge in [-0.05, 0) is 30.7 Å². The number of rotatable bonds is 8. The number of nitrogens with one attached hydrogen (secondary N) is 2. The van der Waals surface area contributed by atoms with Crippen LogP contribution in [-0.4, -0.2) is 43.1 Å². The molecule has 0 saturated heterocycles. The molecule has 2 N–H and O–H groups in total. The van der Waals surface area contributed by atoms with Crippen molar-refractivity contribution in [2.75, 3.05) is 25.1 Å². The van der Waals surface area contributed by atoms with Gasteiger partial charge in [-0.2, -0.15) is 0 Å². The molecular formula is C22H25N3O3. The van der Waals surface area contributed by atoms with Gasteiger partial charge in [0.2, 0.25) is 5.91 Å². The van der Waals surface area contributed by atoms with E-state index < -0.39 is 12.0 Å². The fourth-order valence-electron chi connectivity index (χ4n) is 3.29. The number of carbonyl (C=O) groups is 2. The smallest absolute Gasteiger partial charge is 0.328 e. The number of aromatic nitrogens is 1. The first-order valence-electron chi connectivity index (χ1n) is 9.34. The number of carbonyl (C=O) groups excluding carboxylic acids is 2. The number of hydrogen-bond donors (Lipinski definition) is 2. The summed E-state index contributed by atoms with van der Waals surface area (Å²) in [6.07, 6.45) is 2.23. The second kappa shape index (κ2) is 9.08. The number of aromatic amines is 1. The number of fused-ring (bicyclic) bond motifs is 1. The van der Waals surface area contributed by atoms with Crippen LogP contribution in [0.3, 0.4) is 0 Å². The Balaban J connectivity index is 1.71. The molecule has 2 aromatic carbocycles. The van der Waals surface area contributed by atoms with Crippen molar-refractivity contribution in [1.29, 1.82) is 0 Å². The van der Waals surface area contributed by atoms with Crippen LogP contribution in [0.4, 0.5) is 5.69 Å². The van der Waals surface area contributed by atoms with Gasteiger partial charge in [-0.3, -0.25) is 4.79 Å². The molecule has 146 valence electrons. The van der Waals surface area contributed by atoms with E-state index in [0.29, 0.717) is 13.0 Å². The molecule has 0 aliphatic carbocycles. The van der Waals surface area contributed by atoms with E-state index in [4.69, 9.17) is 4.74 Å². The summed E-state index contributed by atoms with van der Waals surface area (Å²) in [5, 5.41) is 3.87. The molecular weight excluding hydrogens is 354 g/mol. The molecule has 0 spiro atoms. The molecule has 1 unspecified atom stereocenters. The number of para-hydroxylation sites is 2. The van der Waals surface area contributed by atoms with Crippen molar-refractivity contribution >= 4 is 28.5 Å². The van der Waals surface area contributed by atoms with Crippen molar-refractivity contribution in [1.82, 2.24) is 10.3 Å². The monoisotopic (exact) mass is 379 g/mol. The van der Waals surface area contributed by atoms with Crippen LogP contribution in [0.15, 0.2) is 60.8 Å². The number of ether oxygens (including phenoxy) is 1. The van der Waals surface area contributed by atoms with E-state index in [1.165, 1.54) is 7.11 Å². The highest BCUT2D eigenvalue weighted by Crippen LogP contribution is 2.19. The fraction of sp³-hybridized carbons (Fsp3) is 0.273. The van der Waals surface area contributed by atoms with E-state index in [2.05, 4.69) is 10.3 Å². The summed E-state index contributed by atoms with van der Waals surface area (Å²) in [5.74, 6) is -0.678. The number of hydrogen-bond acceptors (Lipinski definition) is 4. The maximum Gasteiger partial charge on any atom is 0.328 e. The van der Waals surface area contributed by atoms with Gasteiger partial charge in [0.25, 0.3) is 0 Å². The lowest BCUT2D eigenvalue weighted by molar-refractivity contribution is -0.144. The largest absolute Gasteiger partial charge is 0.467 e. The van der Waals surface area contributed by atoms with Crippen LogP contribution < -0.4 is 10.2 Å². The summed E-state index contributed by atoms with van der Waals surface area (Å²) < 4.78 is 4.91. The first-order chi connectivity index (χ1) is 13.6. The molecule has 0 radical (unpaired) electrons. The minimum absolute atomic E-state index is 0.169. The van der Waals surface area contributed by atoms with E-state index in [0.717, 1.165) is 22.2 Å². The highest BCUT2D eigenvalue weighted by atomic mass is 16.5. The average Bonchev–Trinajstić information content (AvgIpc) is 3.14. The van der Waals surface area contributed by atoms with Crippen LogP contribution in [0.1, 0.15) is 12.5 Å². The van der Waals surface area contributed by atoms with Gasteiger partial charge in [0.05, 0.1) is 13.7 Å². The highest BCUT2D eigenvalue weighted by Gasteiger charge is 2.24. The Morgan fingerprint density at radius 1 is 1.11 bits per heavy atom. The third-order valence-corrected chi connectivity index (χ3v) is 4.76. The van der Waals surface area contributed by atoms with Gasteiger partial charge in [0.15, 0.2) is 0 Å². The number of anilines is 1. The number of likely N-dealkylation sites (N-methyl/N-ethyl adjacent to an activating group) is 1. The van der Waals surface area contributed by atoms with Gasteiger partial charge < -0.3 is 19.9 Å². The summed E-state index contributed by atoms with van der Waals surface area (Å²) in [7, 11) is 1.33. The fourth-order valence-corrected chi connectivity index (χ4v) is 3.29. The zero-order valence-electron chi connectivity index (χ0n) is 16.1. The molecule has 1 atom stereocenters. The van der Waals surface area contributed by atoms with Crippen molar-refractivity contribution in [2.45, 2.75) is 19.4 Å². The molecule has 0 aliphatic heterocycles. The Bertz CT molecular complexity index is 936. The Morgan fingerprint density at radius 3 is 2.54 bits per heavy atom. The van der Waals surface area contributed by atoms with Crippen molar-refractivity contribution in [3.8, 4) is 0 Å². The van der Waals surface area contributed by atoms with E-state index in [9.17, 15) is 9.59 Å². The zero-order chi connectivity index (χ0) is 19.9. The van der Waals surface area contributed by atoms with Crippen LogP contribution in [-0.2, 0) is 20.7 Å². The second-order valence-corrected chi connectivity index (χ2v) is 6.56. The average molecular weight is 379 g/mol. The number of esters is 1. The maximum absolute atomic E-state index is 12.6. The molecule has 1 heterocycles. The Morgan fingerprint density at radius 2 is 1.82 bits per heavy atom. The van der Waals surface area contributed by atoms with Gasteiger partial charge in [-0.1, -0.05) is 36.4 Å². The van der Waals surface area contributed by atoms with E-state index in [1.807, 2.05) is 72.6 Å². The second-order valence-electron chi connectivity index (χ2n) is 6.56. The van der Waals surface area contributed by atoms with Crippen LogP contribution in [0.2, 0.25) is 0 Å². The van der Waals surface area contributed by atoms with Gasteiger partial charge in [-0.15, -0.1) is 0 Å². The minimum Gasteiger partial charge on any atom is -0.467 e. The zero-order valence-corrected chi connectivity index (χ0v) is 16.1. The number of benzene rings is 2. The Kier molecular flexibility index (Phi) is 6.32. The predicted octanol–water partition coefficient (Wildman–Crippen LogP) is 2.89. The minimum atomic E-state index is -0.744. The van der Waals surface area contributed by atoms with Gasteiger partial charge in [0.1, 0.15) is 6.04 Å². The first-order valence-corrected chi connectivity index (χ1v) is 9.34. The number of H-pyrrole nitrogens is 1. The van der Waals surface area contributed by atoms with E-state index >= 15 is 0 Å². The SMILES string of the molecule is CCN(CC(=O)NC(Cc1c[nH]c2ccccc12)C(=O)OC)c1ccccc1. The predicted molar refractivity (Wildman–Crippen MR) is 110 cm³/mol.